The van der Waals surface area contributed by atoms with Gasteiger partial charge in [-0.2, -0.15) is 0 Å². The van der Waals surface area contributed by atoms with Gasteiger partial charge in [0.15, 0.2) is 11.5 Å². The van der Waals surface area contributed by atoms with Crippen LogP contribution in [0.4, 0.5) is 5.69 Å². The van der Waals surface area contributed by atoms with Gasteiger partial charge >= 0.3 is 0 Å². The van der Waals surface area contributed by atoms with Crippen molar-refractivity contribution in [3.05, 3.63) is 62.7 Å². The van der Waals surface area contributed by atoms with E-state index in [0.29, 0.717) is 5.56 Å². The first kappa shape index (κ1) is 15.0. The van der Waals surface area contributed by atoms with Crippen LogP contribution in [-0.4, -0.2) is 17.8 Å². The van der Waals surface area contributed by atoms with Gasteiger partial charge in [-0.3, -0.25) is 10.1 Å². The van der Waals surface area contributed by atoms with Crippen molar-refractivity contribution in [3.63, 3.8) is 0 Å². The molecule has 0 fully saturated rings. The molecule has 0 saturated carbocycles. The lowest BCUT2D eigenvalue weighted by atomic mass is 9.89. The lowest BCUT2D eigenvalue weighted by Gasteiger charge is -2.31. The summed E-state index contributed by atoms with van der Waals surface area (Å²) >= 11 is 0. The molecular weight excluding hydrogens is 310 g/mol. The Morgan fingerprint density at radius 3 is 2.62 bits per heavy atom. The van der Waals surface area contributed by atoms with Crippen molar-refractivity contribution in [1.82, 2.24) is 0 Å². The average Bonchev–Trinajstić information content (AvgIpc) is 2.98. The summed E-state index contributed by atoms with van der Waals surface area (Å²) in [6.07, 6.45) is 0.588. The molecule has 0 bridgehead atoms. The van der Waals surface area contributed by atoms with Crippen molar-refractivity contribution >= 4 is 5.69 Å². The maximum Gasteiger partial charge on any atom is 0.272 e. The van der Waals surface area contributed by atoms with E-state index >= 15 is 0 Å². The molecule has 0 aromatic heterocycles. The van der Waals surface area contributed by atoms with E-state index in [1.165, 1.54) is 5.56 Å². The van der Waals surface area contributed by atoms with Gasteiger partial charge in [-0.15, -0.1) is 0 Å². The minimum Gasteiger partial charge on any atom is -0.454 e. The molecular formula is C18H17NO5. The highest BCUT2D eigenvalue weighted by atomic mass is 16.7. The molecule has 0 N–H and O–H groups in total. The van der Waals surface area contributed by atoms with E-state index in [1.807, 2.05) is 25.1 Å². The quantitative estimate of drug-likeness (QED) is 0.621. The van der Waals surface area contributed by atoms with Gasteiger partial charge in [0.1, 0.15) is 6.10 Å². The van der Waals surface area contributed by atoms with Gasteiger partial charge in [0.05, 0.1) is 11.0 Å². The highest BCUT2D eigenvalue weighted by molar-refractivity contribution is 5.53. The molecule has 2 heterocycles. The first-order valence-corrected chi connectivity index (χ1v) is 7.85. The average molecular weight is 327 g/mol. The lowest BCUT2D eigenvalue weighted by molar-refractivity contribution is -0.385. The molecule has 0 spiro atoms. The number of hydrogen-bond acceptors (Lipinski definition) is 5. The number of aryl methyl sites for hydroxylation is 1. The first-order valence-electron chi connectivity index (χ1n) is 7.85. The summed E-state index contributed by atoms with van der Waals surface area (Å²) in [5.74, 6) is 1.48. The van der Waals surface area contributed by atoms with Crippen LogP contribution in [0.1, 0.15) is 35.3 Å². The number of nitro groups is 1. The number of nitro benzene ring substituents is 1. The van der Waals surface area contributed by atoms with Gasteiger partial charge < -0.3 is 14.2 Å². The number of benzene rings is 2. The number of ether oxygens (including phenoxy) is 3. The molecule has 0 amide bonds. The van der Waals surface area contributed by atoms with E-state index in [1.54, 1.807) is 19.1 Å². The maximum absolute atomic E-state index is 11.0. The van der Waals surface area contributed by atoms with Gasteiger partial charge in [-0.25, -0.2) is 0 Å². The van der Waals surface area contributed by atoms with Gasteiger partial charge in [-0.1, -0.05) is 0 Å². The molecule has 4 rings (SSSR count). The van der Waals surface area contributed by atoms with Crippen molar-refractivity contribution in [2.45, 2.75) is 32.5 Å². The number of nitrogens with zero attached hydrogens (tertiary/aromatic N) is 1. The van der Waals surface area contributed by atoms with E-state index in [2.05, 4.69) is 0 Å². The first-order chi connectivity index (χ1) is 11.5. The molecule has 2 aliphatic heterocycles. The molecule has 0 radical (unpaired) electrons. The van der Waals surface area contributed by atoms with Crippen molar-refractivity contribution in [1.29, 1.82) is 0 Å². The van der Waals surface area contributed by atoms with Crippen LogP contribution < -0.4 is 9.47 Å². The van der Waals surface area contributed by atoms with Crippen LogP contribution in [0.3, 0.4) is 0 Å². The second kappa shape index (κ2) is 5.49. The Bertz CT molecular complexity index is 832. The zero-order chi connectivity index (χ0) is 16.8. The van der Waals surface area contributed by atoms with Crippen molar-refractivity contribution < 1.29 is 19.1 Å². The summed E-state index contributed by atoms with van der Waals surface area (Å²) in [7, 11) is 0. The van der Waals surface area contributed by atoms with Crippen molar-refractivity contribution in [2.24, 2.45) is 0 Å². The summed E-state index contributed by atoms with van der Waals surface area (Å²) in [6, 6.07) is 9.12. The normalized spacial score (nSPS) is 21.4. The Kier molecular flexibility index (Phi) is 3.42. The fourth-order valence-electron chi connectivity index (χ4n) is 3.39. The zero-order valence-electron chi connectivity index (χ0n) is 13.4. The third-order valence-electron chi connectivity index (χ3n) is 4.51. The number of hydrogen-bond donors (Lipinski definition) is 0. The molecule has 24 heavy (non-hydrogen) atoms. The molecule has 2 aromatic rings. The van der Waals surface area contributed by atoms with E-state index in [4.69, 9.17) is 14.2 Å². The van der Waals surface area contributed by atoms with E-state index < -0.39 is 0 Å². The van der Waals surface area contributed by atoms with Crippen LogP contribution in [0.5, 0.6) is 11.5 Å². The molecule has 6 heteroatoms. The van der Waals surface area contributed by atoms with Gasteiger partial charge in [-0.05, 0) is 61.2 Å². The molecule has 0 aliphatic carbocycles. The summed E-state index contributed by atoms with van der Waals surface area (Å²) in [4.78, 5) is 10.7. The molecule has 6 nitrogen and oxygen atoms in total. The van der Waals surface area contributed by atoms with Crippen LogP contribution in [0, 0.1) is 17.0 Å². The fourth-order valence-corrected chi connectivity index (χ4v) is 3.39. The lowest BCUT2D eigenvalue weighted by Crippen LogP contribution is -2.24. The van der Waals surface area contributed by atoms with E-state index in [-0.39, 0.29) is 29.6 Å². The van der Waals surface area contributed by atoms with Crippen molar-refractivity contribution in [3.8, 4) is 11.5 Å². The topological polar surface area (TPSA) is 70.8 Å². The minimum atomic E-state index is -0.366. The standard InChI is InChI=1S/C18H17NO5/c1-10-5-12(3-4-15(10)19(20)21)18-14-8-17-16(22-9-23-17)7-13(14)6-11(2)24-18/h3-5,7-8,11,18H,6,9H2,1-2H3/t11-,18?/m0/s1. The Labute approximate surface area is 139 Å². The molecule has 2 atom stereocenters. The number of fused-ring (bicyclic) bond motifs is 2. The minimum absolute atomic E-state index is 0.0540. The Morgan fingerprint density at radius 1 is 1.17 bits per heavy atom. The van der Waals surface area contributed by atoms with Crippen LogP contribution >= 0.6 is 0 Å². The van der Waals surface area contributed by atoms with Gasteiger partial charge in [0.25, 0.3) is 5.69 Å². The third kappa shape index (κ3) is 2.39. The predicted octanol–water partition coefficient (Wildman–Crippen LogP) is 3.68. The summed E-state index contributed by atoms with van der Waals surface area (Å²) in [5.41, 5.74) is 3.85. The smallest absolute Gasteiger partial charge is 0.272 e. The highest BCUT2D eigenvalue weighted by Gasteiger charge is 2.30. The van der Waals surface area contributed by atoms with Crippen LogP contribution in [0.2, 0.25) is 0 Å². The zero-order valence-corrected chi connectivity index (χ0v) is 13.4. The highest BCUT2D eigenvalue weighted by Crippen LogP contribution is 2.43. The van der Waals surface area contributed by atoms with E-state index in [0.717, 1.165) is 29.0 Å². The van der Waals surface area contributed by atoms with E-state index in [9.17, 15) is 10.1 Å². The Hall–Kier alpha value is -2.60. The second-order valence-corrected chi connectivity index (χ2v) is 6.24. The monoisotopic (exact) mass is 327 g/mol. The van der Waals surface area contributed by atoms with Gasteiger partial charge in [0, 0.05) is 11.6 Å². The molecule has 2 aliphatic rings. The van der Waals surface area contributed by atoms with Gasteiger partial charge in [0.2, 0.25) is 6.79 Å². The number of rotatable bonds is 2. The van der Waals surface area contributed by atoms with Crippen molar-refractivity contribution in [2.75, 3.05) is 6.79 Å². The summed E-state index contributed by atoms with van der Waals surface area (Å²) in [6.45, 7) is 4.00. The summed E-state index contributed by atoms with van der Waals surface area (Å²) < 4.78 is 17.1. The van der Waals surface area contributed by atoms with Crippen LogP contribution in [0.15, 0.2) is 30.3 Å². The largest absolute Gasteiger partial charge is 0.454 e. The fraction of sp³-hybridized carbons (Fsp3) is 0.333. The second-order valence-electron chi connectivity index (χ2n) is 6.24. The summed E-state index contributed by atoms with van der Waals surface area (Å²) in [5, 5.41) is 11.0. The molecule has 0 saturated heterocycles. The van der Waals surface area contributed by atoms with Crippen LogP contribution in [0.25, 0.3) is 0 Å². The molecule has 1 unspecified atom stereocenters. The Balaban J connectivity index is 1.80. The maximum atomic E-state index is 11.0. The SMILES string of the molecule is Cc1cc(C2O[C@@H](C)Cc3cc4c(cc32)OCO4)ccc1[N+](=O)[O-]. The molecule has 124 valence electrons. The third-order valence-corrected chi connectivity index (χ3v) is 4.51. The predicted molar refractivity (Wildman–Crippen MR) is 86.5 cm³/mol. The molecule has 2 aromatic carbocycles. The Morgan fingerprint density at radius 2 is 1.92 bits per heavy atom. The van der Waals surface area contributed by atoms with Crippen LogP contribution in [-0.2, 0) is 11.2 Å².